The molecule has 0 saturated carbocycles. The van der Waals surface area contributed by atoms with E-state index in [2.05, 4.69) is 10.4 Å². The number of rotatable bonds is 6. The average Bonchev–Trinajstić information content (AvgIpc) is 3.01. The first kappa shape index (κ1) is 16.9. The van der Waals surface area contributed by atoms with E-state index in [4.69, 9.17) is 0 Å². The number of aromatic nitrogens is 2. The molecule has 0 fully saturated rings. The zero-order valence-corrected chi connectivity index (χ0v) is 14.1. The number of hydrogen-bond acceptors (Lipinski definition) is 2. The summed E-state index contributed by atoms with van der Waals surface area (Å²) < 4.78 is 14.7. The summed E-state index contributed by atoms with van der Waals surface area (Å²) in [4.78, 5) is 12.0. The molecule has 4 nitrogen and oxygen atoms in total. The van der Waals surface area contributed by atoms with Crippen LogP contribution in [-0.4, -0.2) is 22.2 Å². The Morgan fingerprint density at radius 3 is 2.56 bits per heavy atom. The number of carbonyl (C=O) groups is 1. The minimum Gasteiger partial charge on any atom is -0.352 e. The highest BCUT2D eigenvalue weighted by molar-refractivity contribution is 5.94. The second kappa shape index (κ2) is 7.75. The number of para-hydroxylation sites is 1. The molecule has 3 aromatic rings. The van der Waals surface area contributed by atoms with Gasteiger partial charge in [0.15, 0.2) is 0 Å². The number of nitrogens with one attached hydrogen (secondary N) is 1. The van der Waals surface area contributed by atoms with E-state index in [-0.39, 0.29) is 11.7 Å². The Labute approximate surface area is 146 Å². The maximum Gasteiger partial charge on any atom is 0.251 e. The lowest BCUT2D eigenvalue weighted by Crippen LogP contribution is -2.24. The van der Waals surface area contributed by atoms with Gasteiger partial charge in [-0.1, -0.05) is 18.2 Å². The van der Waals surface area contributed by atoms with E-state index in [1.807, 2.05) is 48.1 Å². The highest BCUT2D eigenvalue weighted by atomic mass is 19.1. The van der Waals surface area contributed by atoms with Crippen molar-refractivity contribution in [1.29, 1.82) is 0 Å². The molecular formula is C20H20FN3O. The number of halogens is 1. The smallest absolute Gasteiger partial charge is 0.251 e. The molecule has 128 valence electrons. The summed E-state index contributed by atoms with van der Waals surface area (Å²) in [7, 11) is 0. The normalized spacial score (nSPS) is 10.6. The molecule has 0 unspecified atom stereocenters. The monoisotopic (exact) mass is 337 g/mol. The summed E-state index contributed by atoms with van der Waals surface area (Å²) in [6, 6.07) is 15.5. The molecular weight excluding hydrogens is 317 g/mol. The minimum absolute atomic E-state index is 0.184. The van der Waals surface area contributed by atoms with Crippen LogP contribution in [0.25, 0.3) is 5.69 Å². The van der Waals surface area contributed by atoms with Gasteiger partial charge in [0.2, 0.25) is 0 Å². The van der Waals surface area contributed by atoms with Gasteiger partial charge in [-0.15, -0.1) is 0 Å². The first-order valence-corrected chi connectivity index (χ1v) is 8.28. The number of hydrogen-bond donors (Lipinski definition) is 1. The van der Waals surface area contributed by atoms with E-state index in [0.717, 1.165) is 24.2 Å². The summed E-state index contributed by atoms with van der Waals surface area (Å²) >= 11 is 0. The molecule has 1 N–H and O–H groups in total. The number of nitrogens with zero attached hydrogens (tertiary/aromatic N) is 2. The van der Waals surface area contributed by atoms with E-state index in [9.17, 15) is 9.18 Å². The van der Waals surface area contributed by atoms with Crippen molar-refractivity contribution in [3.63, 3.8) is 0 Å². The molecule has 25 heavy (non-hydrogen) atoms. The van der Waals surface area contributed by atoms with Gasteiger partial charge >= 0.3 is 0 Å². The van der Waals surface area contributed by atoms with Gasteiger partial charge in [-0.3, -0.25) is 4.79 Å². The first-order chi connectivity index (χ1) is 12.1. The molecule has 1 amide bonds. The first-order valence-electron chi connectivity index (χ1n) is 8.28. The van der Waals surface area contributed by atoms with Crippen molar-refractivity contribution in [1.82, 2.24) is 15.1 Å². The lowest BCUT2D eigenvalue weighted by molar-refractivity contribution is 0.0953. The SMILES string of the molecule is Cc1nn(-c2ccccc2)cc1CCCNC(=O)c1ccc(F)cc1. The van der Waals surface area contributed by atoms with Gasteiger partial charge in [-0.25, -0.2) is 9.07 Å². The van der Waals surface area contributed by atoms with Crippen LogP contribution >= 0.6 is 0 Å². The molecule has 0 saturated heterocycles. The predicted molar refractivity (Wildman–Crippen MR) is 95.4 cm³/mol. The Morgan fingerprint density at radius 1 is 1.12 bits per heavy atom. The molecule has 5 heteroatoms. The van der Waals surface area contributed by atoms with Crippen LogP contribution in [0.4, 0.5) is 4.39 Å². The van der Waals surface area contributed by atoms with Gasteiger partial charge in [0, 0.05) is 18.3 Å². The predicted octanol–water partition coefficient (Wildman–Crippen LogP) is 3.68. The average molecular weight is 337 g/mol. The molecule has 2 aromatic carbocycles. The summed E-state index contributed by atoms with van der Waals surface area (Å²) in [6.45, 7) is 2.55. The number of benzene rings is 2. The van der Waals surface area contributed by atoms with Crippen molar-refractivity contribution in [3.05, 3.63) is 83.4 Å². The van der Waals surface area contributed by atoms with E-state index in [0.29, 0.717) is 12.1 Å². The van der Waals surface area contributed by atoms with Crippen LogP contribution in [0.2, 0.25) is 0 Å². The molecule has 3 rings (SSSR count). The van der Waals surface area contributed by atoms with Gasteiger partial charge < -0.3 is 5.32 Å². The van der Waals surface area contributed by atoms with Gasteiger partial charge in [-0.05, 0) is 61.7 Å². The van der Waals surface area contributed by atoms with E-state index in [1.54, 1.807) is 0 Å². The summed E-state index contributed by atoms with van der Waals surface area (Å²) in [5.41, 5.74) is 3.66. The Balaban J connectivity index is 1.52. The quantitative estimate of drug-likeness (QED) is 0.698. The minimum atomic E-state index is -0.345. The van der Waals surface area contributed by atoms with Crippen molar-refractivity contribution in [2.45, 2.75) is 19.8 Å². The van der Waals surface area contributed by atoms with Crippen LogP contribution in [0, 0.1) is 12.7 Å². The third-order valence-corrected chi connectivity index (χ3v) is 4.04. The van der Waals surface area contributed by atoms with Crippen LogP contribution < -0.4 is 5.32 Å². The molecule has 0 spiro atoms. The molecule has 0 aliphatic rings. The van der Waals surface area contributed by atoms with Gasteiger partial charge in [0.1, 0.15) is 5.82 Å². The molecule has 0 bridgehead atoms. The zero-order valence-electron chi connectivity index (χ0n) is 14.1. The fourth-order valence-electron chi connectivity index (χ4n) is 2.64. The van der Waals surface area contributed by atoms with Gasteiger partial charge in [0.25, 0.3) is 5.91 Å². The van der Waals surface area contributed by atoms with Crippen molar-refractivity contribution < 1.29 is 9.18 Å². The highest BCUT2D eigenvalue weighted by Gasteiger charge is 2.08. The Bertz CT molecular complexity index is 841. The van der Waals surface area contributed by atoms with Crippen LogP contribution in [-0.2, 0) is 6.42 Å². The molecule has 0 atom stereocenters. The van der Waals surface area contributed by atoms with Crippen molar-refractivity contribution in [3.8, 4) is 5.69 Å². The zero-order chi connectivity index (χ0) is 17.6. The van der Waals surface area contributed by atoms with Crippen molar-refractivity contribution in [2.75, 3.05) is 6.54 Å². The Hall–Kier alpha value is -2.95. The molecule has 1 aromatic heterocycles. The summed E-state index contributed by atoms with van der Waals surface area (Å²) in [6.07, 6.45) is 3.68. The topological polar surface area (TPSA) is 46.9 Å². The molecule has 1 heterocycles. The number of amides is 1. The fourth-order valence-corrected chi connectivity index (χ4v) is 2.64. The van der Waals surface area contributed by atoms with Gasteiger partial charge in [-0.2, -0.15) is 5.10 Å². The van der Waals surface area contributed by atoms with E-state index < -0.39 is 0 Å². The van der Waals surface area contributed by atoms with Crippen LogP contribution in [0.3, 0.4) is 0 Å². The highest BCUT2D eigenvalue weighted by Crippen LogP contribution is 2.13. The number of carbonyl (C=O) groups excluding carboxylic acids is 1. The van der Waals surface area contributed by atoms with Crippen LogP contribution in [0.1, 0.15) is 28.0 Å². The van der Waals surface area contributed by atoms with E-state index >= 15 is 0 Å². The third kappa shape index (κ3) is 4.32. The Morgan fingerprint density at radius 2 is 1.84 bits per heavy atom. The van der Waals surface area contributed by atoms with Crippen molar-refractivity contribution >= 4 is 5.91 Å². The standard InChI is InChI=1S/C20H20FN3O/c1-15-17(14-24(23-15)19-7-3-2-4-8-19)6-5-13-22-20(25)16-9-11-18(21)12-10-16/h2-4,7-12,14H,5-6,13H2,1H3,(H,22,25). The largest absolute Gasteiger partial charge is 0.352 e. The third-order valence-electron chi connectivity index (χ3n) is 4.04. The summed E-state index contributed by atoms with van der Waals surface area (Å²) in [5.74, 6) is -0.529. The molecule has 0 aliphatic carbocycles. The number of aryl methyl sites for hydroxylation is 2. The molecule has 0 radical (unpaired) electrons. The second-order valence-electron chi connectivity index (χ2n) is 5.89. The maximum absolute atomic E-state index is 12.9. The summed E-state index contributed by atoms with van der Waals surface area (Å²) in [5, 5.41) is 7.40. The van der Waals surface area contributed by atoms with Crippen LogP contribution in [0.15, 0.2) is 60.8 Å². The second-order valence-corrected chi connectivity index (χ2v) is 5.89. The van der Waals surface area contributed by atoms with Crippen molar-refractivity contribution in [2.24, 2.45) is 0 Å². The molecule has 0 aliphatic heterocycles. The lowest BCUT2D eigenvalue weighted by atomic mass is 10.1. The van der Waals surface area contributed by atoms with Crippen LogP contribution in [0.5, 0.6) is 0 Å². The fraction of sp³-hybridized carbons (Fsp3) is 0.200. The van der Waals surface area contributed by atoms with E-state index in [1.165, 1.54) is 29.8 Å². The maximum atomic E-state index is 12.9. The lowest BCUT2D eigenvalue weighted by Gasteiger charge is -2.05. The Kier molecular flexibility index (Phi) is 5.23. The van der Waals surface area contributed by atoms with Gasteiger partial charge in [0.05, 0.1) is 11.4 Å².